The second kappa shape index (κ2) is 11.9. The third-order valence-corrected chi connectivity index (χ3v) is 6.70. The van der Waals surface area contributed by atoms with E-state index in [1.165, 1.54) is 24.5 Å². The fraction of sp³-hybridized carbons (Fsp3) is 0.393. The number of nitrogens with zero attached hydrogens (tertiary/aromatic N) is 3. The number of rotatable bonds is 9. The lowest BCUT2D eigenvalue weighted by molar-refractivity contribution is -0.153. The zero-order chi connectivity index (χ0) is 28.3. The summed E-state index contributed by atoms with van der Waals surface area (Å²) in [5.74, 6) is -0.404. The SMILES string of the molecule is Cc1cc(Nc2ncnc3cc(OCC(F)(F)F)c(CC(=O)/C=C/CN4C[C@@H]5OCCO[C@H]5C4)cc23)ccc1F. The van der Waals surface area contributed by atoms with Crippen LogP contribution in [-0.4, -0.2) is 78.5 Å². The summed E-state index contributed by atoms with van der Waals surface area (Å²) in [6.07, 6.45) is -0.309. The van der Waals surface area contributed by atoms with Gasteiger partial charge in [-0.15, -0.1) is 0 Å². The molecule has 212 valence electrons. The molecule has 0 spiro atoms. The van der Waals surface area contributed by atoms with E-state index in [-0.39, 0.29) is 41.5 Å². The highest BCUT2D eigenvalue weighted by atomic mass is 19.4. The Kier molecular flexibility index (Phi) is 8.29. The lowest BCUT2D eigenvalue weighted by Crippen LogP contribution is -2.36. The molecule has 2 saturated heterocycles. The second-order valence-electron chi connectivity index (χ2n) is 9.77. The smallest absolute Gasteiger partial charge is 0.422 e. The lowest BCUT2D eigenvalue weighted by atomic mass is 10.0. The minimum atomic E-state index is -4.56. The third kappa shape index (κ3) is 6.93. The maximum Gasteiger partial charge on any atom is 0.422 e. The predicted octanol–water partition coefficient (Wildman–Crippen LogP) is 4.53. The van der Waals surface area contributed by atoms with Crippen molar-refractivity contribution in [3.05, 3.63) is 65.8 Å². The van der Waals surface area contributed by atoms with Crippen LogP contribution in [0.15, 0.2) is 48.8 Å². The topological polar surface area (TPSA) is 85.8 Å². The number of halogens is 4. The molecule has 2 aliphatic heterocycles. The molecular formula is C28H28F4N4O4. The van der Waals surface area contributed by atoms with Gasteiger partial charge in [-0.2, -0.15) is 13.2 Å². The van der Waals surface area contributed by atoms with Crippen LogP contribution in [0.25, 0.3) is 10.9 Å². The molecule has 8 nitrogen and oxygen atoms in total. The highest BCUT2D eigenvalue weighted by molar-refractivity contribution is 5.96. The first-order chi connectivity index (χ1) is 19.1. The molecule has 40 heavy (non-hydrogen) atoms. The maximum atomic E-state index is 13.7. The van der Waals surface area contributed by atoms with E-state index < -0.39 is 12.8 Å². The van der Waals surface area contributed by atoms with E-state index in [0.29, 0.717) is 60.8 Å². The molecule has 1 N–H and O–H groups in total. The van der Waals surface area contributed by atoms with E-state index in [0.717, 1.165) is 0 Å². The molecular weight excluding hydrogens is 532 g/mol. The van der Waals surface area contributed by atoms with Crippen molar-refractivity contribution in [2.75, 3.05) is 44.8 Å². The van der Waals surface area contributed by atoms with Crippen LogP contribution in [0, 0.1) is 12.7 Å². The van der Waals surface area contributed by atoms with Crippen LogP contribution in [0.1, 0.15) is 11.1 Å². The Morgan fingerprint density at radius 2 is 1.90 bits per heavy atom. The minimum Gasteiger partial charge on any atom is -0.484 e. The van der Waals surface area contributed by atoms with Crippen molar-refractivity contribution in [1.29, 1.82) is 0 Å². The van der Waals surface area contributed by atoms with Crippen LogP contribution in [0.3, 0.4) is 0 Å². The zero-order valence-corrected chi connectivity index (χ0v) is 21.7. The number of hydrogen-bond donors (Lipinski definition) is 1. The van der Waals surface area contributed by atoms with Gasteiger partial charge in [0.2, 0.25) is 0 Å². The summed E-state index contributed by atoms with van der Waals surface area (Å²) in [4.78, 5) is 23.4. The number of carbonyl (C=O) groups is 1. The number of carbonyl (C=O) groups excluding carboxylic acids is 1. The van der Waals surface area contributed by atoms with Gasteiger partial charge in [0, 0.05) is 48.8 Å². The molecule has 0 saturated carbocycles. The van der Waals surface area contributed by atoms with Crippen molar-refractivity contribution in [2.45, 2.75) is 31.7 Å². The number of alkyl halides is 3. The number of likely N-dealkylation sites (tertiary alicyclic amines) is 1. The van der Waals surface area contributed by atoms with Crippen LogP contribution in [0.4, 0.5) is 29.1 Å². The number of hydrogen-bond acceptors (Lipinski definition) is 8. The van der Waals surface area contributed by atoms with Crippen LogP contribution < -0.4 is 10.1 Å². The van der Waals surface area contributed by atoms with Gasteiger partial charge >= 0.3 is 6.18 Å². The number of aryl methyl sites for hydroxylation is 1. The van der Waals surface area contributed by atoms with E-state index in [4.69, 9.17) is 14.2 Å². The second-order valence-corrected chi connectivity index (χ2v) is 9.77. The molecule has 2 aromatic carbocycles. The van der Waals surface area contributed by atoms with Gasteiger partial charge in [-0.05, 0) is 42.8 Å². The van der Waals surface area contributed by atoms with Gasteiger partial charge in [-0.25, -0.2) is 14.4 Å². The average Bonchev–Trinajstić information content (AvgIpc) is 3.32. The summed E-state index contributed by atoms with van der Waals surface area (Å²) in [7, 11) is 0. The Hall–Kier alpha value is -3.61. The van der Waals surface area contributed by atoms with Crippen molar-refractivity contribution in [2.24, 2.45) is 0 Å². The number of nitrogens with one attached hydrogen (secondary N) is 1. The van der Waals surface area contributed by atoms with Gasteiger partial charge in [-0.3, -0.25) is 9.69 Å². The number of benzene rings is 2. The summed E-state index contributed by atoms with van der Waals surface area (Å²) in [6.45, 7) is 3.17. The summed E-state index contributed by atoms with van der Waals surface area (Å²) in [5, 5.41) is 3.56. The van der Waals surface area contributed by atoms with Crippen LogP contribution >= 0.6 is 0 Å². The molecule has 2 aliphatic rings. The lowest BCUT2D eigenvalue weighted by Gasteiger charge is -2.24. The summed E-state index contributed by atoms with van der Waals surface area (Å²) in [5.41, 5.74) is 1.57. The number of ether oxygens (including phenoxy) is 3. The van der Waals surface area contributed by atoms with Crippen molar-refractivity contribution in [1.82, 2.24) is 14.9 Å². The van der Waals surface area contributed by atoms with Gasteiger partial charge in [0.15, 0.2) is 12.4 Å². The number of ketones is 1. The first-order valence-corrected chi connectivity index (χ1v) is 12.8. The molecule has 5 rings (SSSR count). The maximum absolute atomic E-state index is 13.7. The van der Waals surface area contributed by atoms with Crippen LogP contribution in [0.2, 0.25) is 0 Å². The Bertz CT molecular complexity index is 1400. The predicted molar refractivity (Wildman–Crippen MR) is 139 cm³/mol. The Morgan fingerprint density at radius 1 is 1.15 bits per heavy atom. The van der Waals surface area contributed by atoms with Crippen molar-refractivity contribution in [3.8, 4) is 5.75 Å². The molecule has 12 heteroatoms. The largest absolute Gasteiger partial charge is 0.484 e. The van der Waals surface area contributed by atoms with Gasteiger partial charge in [0.1, 0.15) is 23.7 Å². The van der Waals surface area contributed by atoms with Gasteiger partial charge in [-0.1, -0.05) is 6.08 Å². The Balaban J connectivity index is 1.35. The van der Waals surface area contributed by atoms with E-state index in [1.807, 2.05) is 0 Å². The van der Waals surface area contributed by atoms with E-state index in [9.17, 15) is 22.4 Å². The standard InChI is InChI=1S/C28H28F4N4O4/c1-17-9-19(4-5-22(17)29)35-27-21-11-18(24(40-15-28(30,31)32)12-23(21)33-16-34-27)10-20(37)3-2-6-36-13-25-26(14-36)39-8-7-38-25/h2-5,9,11-12,16,25-26H,6-8,10,13-15H2,1H3,(H,33,34,35)/b3-2+/t25-,26-/m0/s1. The Labute approximate surface area is 227 Å². The first kappa shape index (κ1) is 27.9. The summed E-state index contributed by atoms with van der Waals surface area (Å²) < 4.78 is 69.1. The molecule has 0 bridgehead atoms. The van der Waals surface area contributed by atoms with Crippen molar-refractivity contribution >= 4 is 28.2 Å². The number of fused-ring (bicyclic) bond motifs is 2. The molecule has 0 radical (unpaired) electrons. The average molecular weight is 561 g/mol. The normalized spacial score (nSPS) is 19.7. The Morgan fingerprint density at radius 3 is 2.60 bits per heavy atom. The van der Waals surface area contributed by atoms with E-state index in [2.05, 4.69) is 20.2 Å². The number of aromatic nitrogens is 2. The molecule has 0 unspecified atom stereocenters. The minimum absolute atomic E-state index is 0.0210. The third-order valence-electron chi connectivity index (χ3n) is 6.70. The van der Waals surface area contributed by atoms with Crippen molar-refractivity contribution < 1.29 is 36.6 Å². The van der Waals surface area contributed by atoms with Gasteiger partial charge in [0.05, 0.1) is 30.9 Å². The first-order valence-electron chi connectivity index (χ1n) is 12.8. The van der Waals surface area contributed by atoms with Crippen LogP contribution in [-0.2, 0) is 20.7 Å². The highest BCUT2D eigenvalue weighted by Crippen LogP contribution is 2.32. The number of allylic oxidation sites excluding steroid dienone is 1. The van der Waals surface area contributed by atoms with Gasteiger partial charge < -0.3 is 19.5 Å². The monoisotopic (exact) mass is 560 g/mol. The summed E-state index contributed by atoms with van der Waals surface area (Å²) >= 11 is 0. The molecule has 1 aromatic heterocycles. The summed E-state index contributed by atoms with van der Waals surface area (Å²) in [6, 6.07) is 7.37. The molecule has 2 atom stereocenters. The molecule has 0 aliphatic carbocycles. The molecule has 2 fully saturated rings. The quantitative estimate of drug-likeness (QED) is 0.302. The highest BCUT2D eigenvalue weighted by Gasteiger charge is 2.36. The van der Waals surface area contributed by atoms with E-state index >= 15 is 0 Å². The van der Waals surface area contributed by atoms with Gasteiger partial charge in [0.25, 0.3) is 0 Å². The van der Waals surface area contributed by atoms with E-state index in [1.54, 1.807) is 31.2 Å². The molecule has 0 amide bonds. The van der Waals surface area contributed by atoms with Crippen molar-refractivity contribution in [3.63, 3.8) is 0 Å². The fourth-order valence-corrected chi connectivity index (χ4v) is 4.79. The number of anilines is 2. The molecule has 3 aromatic rings. The zero-order valence-electron chi connectivity index (χ0n) is 21.7. The fourth-order valence-electron chi connectivity index (χ4n) is 4.79. The molecule has 3 heterocycles. The van der Waals surface area contributed by atoms with Crippen LogP contribution in [0.5, 0.6) is 5.75 Å².